The lowest BCUT2D eigenvalue weighted by Gasteiger charge is -2.20. The number of pyridine rings is 1. The number of hydrogen-bond acceptors (Lipinski definition) is 3. The fourth-order valence-corrected chi connectivity index (χ4v) is 1.97. The number of aromatic nitrogens is 1. The van der Waals surface area contributed by atoms with E-state index in [2.05, 4.69) is 44.1 Å². The number of nitrogens with one attached hydrogen (secondary N) is 1. The molecule has 1 heterocycles. The van der Waals surface area contributed by atoms with E-state index in [4.69, 9.17) is 4.74 Å². The van der Waals surface area contributed by atoms with Gasteiger partial charge in [-0.2, -0.15) is 0 Å². The lowest BCUT2D eigenvalue weighted by Crippen LogP contribution is -2.35. The highest BCUT2D eigenvalue weighted by molar-refractivity contribution is 5.38. The van der Waals surface area contributed by atoms with Crippen LogP contribution >= 0.6 is 0 Å². The monoisotopic (exact) mass is 284 g/mol. The predicted octanol–water partition coefficient (Wildman–Crippen LogP) is 4.38. The zero-order valence-electron chi connectivity index (χ0n) is 13.5. The Morgan fingerprint density at radius 3 is 2.43 bits per heavy atom. The molecule has 0 spiro atoms. The topological polar surface area (TPSA) is 34.1 Å². The first kappa shape index (κ1) is 15.5. The molecular formula is C18H24N2O. The summed E-state index contributed by atoms with van der Waals surface area (Å²) in [5.74, 6) is 1.48. The Morgan fingerprint density at radius 1 is 1.10 bits per heavy atom. The summed E-state index contributed by atoms with van der Waals surface area (Å²) in [4.78, 5) is 4.38. The Hall–Kier alpha value is -1.87. The summed E-state index contributed by atoms with van der Waals surface area (Å²) in [6.45, 7) is 11.4. The molecule has 0 aliphatic heterocycles. The van der Waals surface area contributed by atoms with Gasteiger partial charge < -0.3 is 10.1 Å². The van der Waals surface area contributed by atoms with Gasteiger partial charge in [0.05, 0.1) is 0 Å². The summed E-state index contributed by atoms with van der Waals surface area (Å²) >= 11 is 0. The molecule has 2 rings (SSSR count). The van der Waals surface area contributed by atoms with Gasteiger partial charge in [-0.3, -0.25) is 0 Å². The van der Waals surface area contributed by atoms with Crippen molar-refractivity contribution in [3.63, 3.8) is 0 Å². The van der Waals surface area contributed by atoms with Crippen molar-refractivity contribution >= 4 is 0 Å². The minimum Gasteiger partial charge on any atom is -0.439 e. The summed E-state index contributed by atoms with van der Waals surface area (Å²) in [6, 6.07) is 10.1. The lowest BCUT2D eigenvalue weighted by molar-refractivity contribution is 0.423. The highest BCUT2D eigenvalue weighted by atomic mass is 16.5. The third kappa shape index (κ3) is 4.87. The molecule has 0 radical (unpaired) electrons. The lowest BCUT2D eigenvalue weighted by atomic mass is 10.1. The molecule has 0 bridgehead atoms. The van der Waals surface area contributed by atoms with Crippen molar-refractivity contribution in [1.82, 2.24) is 10.3 Å². The van der Waals surface area contributed by atoms with Crippen LogP contribution in [0.1, 0.15) is 37.5 Å². The van der Waals surface area contributed by atoms with Crippen molar-refractivity contribution in [2.24, 2.45) is 0 Å². The van der Waals surface area contributed by atoms with Crippen molar-refractivity contribution in [3.05, 3.63) is 53.2 Å². The quantitative estimate of drug-likeness (QED) is 0.904. The van der Waals surface area contributed by atoms with Gasteiger partial charge in [-0.05, 0) is 51.8 Å². The van der Waals surface area contributed by atoms with Gasteiger partial charge in [-0.25, -0.2) is 4.98 Å². The van der Waals surface area contributed by atoms with Crippen LogP contribution in [0, 0.1) is 13.8 Å². The zero-order valence-corrected chi connectivity index (χ0v) is 13.5. The molecule has 0 amide bonds. The van der Waals surface area contributed by atoms with E-state index in [0.717, 1.165) is 23.4 Å². The van der Waals surface area contributed by atoms with E-state index >= 15 is 0 Å². The van der Waals surface area contributed by atoms with E-state index in [0.29, 0.717) is 5.88 Å². The third-order valence-electron chi connectivity index (χ3n) is 3.17. The van der Waals surface area contributed by atoms with Crippen LogP contribution in [0.5, 0.6) is 11.6 Å². The minimum atomic E-state index is 0.105. The maximum absolute atomic E-state index is 5.83. The maximum atomic E-state index is 5.83. The highest BCUT2D eigenvalue weighted by Crippen LogP contribution is 2.24. The van der Waals surface area contributed by atoms with E-state index in [1.807, 2.05) is 37.4 Å². The molecule has 0 fully saturated rings. The first-order valence-corrected chi connectivity index (χ1v) is 7.28. The molecule has 0 aliphatic carbocycles. The first-order chi connectivity index (χ1) is 9.83. The Kier molecular flexibility index (Phi) is 4.63. The van der Waals surface area contributed by atoms with Crippen LogP contribution in [0.25, 0.3) is 0 Å². The fourth-order valence-electron chi connectivity index (χ4n) is 1.97. The molecule has 2 aromatic rings. The van der Waals surface area contributed by atoms with Crippen LogP contribution in [0.15, 0.2) is 36.5 Å². The Bertz CT molecular complexity index is 598. The normalized spacial score (nSPS) is 11.5. The van der Waals surface area contributed by atoms with E-state index in [1.165, 1.54) is 5.56 Å². The fraction of sp³-hybridized carbons (Fsp3) is 0.389. The summed E-state index contributed by atoms with van der Waals surface area (Å²) in [7, 11) is 0. The van der Waals surface area contributed by atoms with Crippen molar-refractivity contribution < 1.29 is 4.74 Å². The average Bonchev–Trinajstić information content (AvgIpc) is 2.40. The van der Waals surface area contributed by atoms with E-state index < -0.39 is 0 Å². The van der Waals surface area contributed by atoms with Gasteiger partial charge in [-0.15, -0.1) is 0 Å². The third-order valence-corrected chi connectivity index (χ3v) is 3.17. The van der Waals surface area contributed by atoms with Crippen LogP contribution in [-0.4, -0.2) is 10.5 Å². The summed E-state index contributed by atoms with van der Waals surface area (Å²) in [5.41, 5.74) is 3.61. The van der Waals surface area contributed by atoms with E-state index in [9.17, 15) is 0 Å². The van der Waals surface area contributed by atoms with Crippen LogP contribution in [0.3, 0.4) is 0 Å². The number of nitrogens with zero attached hydrogens (tertiary/aromatic N) is 1. The molecule has 1 N–H and O–H groups in total. The minimum absolute atomic E-state index is 0.105. The molecule has 0 saturated heterocycles. The highest BCUT2D eigenvalue weighted by Gasteiger charge is 2.08. The molecule has 0 saturated carbocycles. The maximum Gasteiger partial charge on any atom is 0.219 e. The standard InChI is InChI=1S/C18H24N2O/c1-13-6-8-16(14(2)10-13)21-17-9-7-15(11-19-17)12-20-18(3,4)5/h6-11,20H,12H2,1-5H3. The average molecular weight is 284 g/mol. The molecule has 112 valence electrons. The zero-order chi connectivity index (χ0) is 15.5. The second-order valence-corrected chi connectivity index (χ2v) is 6.48. The largest absolute Gasteiger partial charge is 0.439 e. The Morgan fingerprint density at radius 2 is 1.86 bits per heavy atom. The van der Waals surface area contributed by atoms with Gasteiger partial charge in [-0.1, -0.05) is 23.8 Å². The second kappa shape index (κ2) is 6.27. The predicted molar refractivity (Wildman–Crippen MR) is 86.8 cm³/mol. The van der Waals surface area contributed by atoms with Gasteiger partial charge in [0, 0.05) is 24.3 Å². The van der Waals surface area contributed by atoms with Gasteiger partial charge in [0.2, 0.25) is 5.88 Å². The summed E-state index contributed by atoms with van der Waals surface area (Å²) < 4.78 is 5.83. The molecular weight excluding hydrogens is 260 g/mol. The van der Waals surface area contributed by atoms with E-state index in [1.54, 1.807) is 0 Å². The molecule has 1 aromatic heterocycles. The summed E-state index contributed by atoms with van der Waals surface area (Å²) in [6.07, 6.45) is 1.86. The first-order valence-electron chi connectivity index (χ1n) is 7.28. The molecule has 0 unspecified atom stereocenters. The van der Waals surface area contributed by atoms with Gasteiger partial charge in [0.25, 0.3) is 0 Å². The molecule has 1 aromatic carbocycles. The SMILES string of the molecule is Cc1ccc(Oc2ccc(CNC(C)(C)C)cn2)c(C)c1. The molecule has 3 nitrogen and oxygen atoms in total. The van der Waals surface area contributed by atoms with Crippen LogP contribution in [0.4, 0.5) is 0 Å². The number of rotatable bonds is 4. The molecule has 21 heavy (non-hydrogen) atoms. The number of aryl methyl sites for hydroxylation is 2. The van der Waals surface area contributed by atoms with Crippen molar-refractivity contribution in [3.8, 4) is 11.6 Å². The van der Waals surface area contributed by atoms with Gasteiger partial charge >= 0.3 is 0 Å². The molecule has 0 aliphatic rings. The smallest absolute Gasteiger partial charge is 0.219 e. The van der Waals surface area contributed by atoms with Crippen LogP contribution in [-0.2, 0) is 6.54 Å². The van der Waals surface area contributed by atoms with Crippen molar-refractivity contribution in [2.45, 2.75) is 46.7 Å². The number of hydrogen-bond donors (Lipinski definition) is 1. The van der Waals surface area contributed by atoms with Crippen LogP contribution < -0.4 is 10.1 Å². The Labute approximate surface area is 127 Å². The number of ether oxygens (including phenoxy) is 1. The molecule has 3 heteroatoms. The summed E-state index contributed by atoms with van der Waals surface area (Å²) in [5, 5.41) is 3.44. The van der Waals surface area contributed by atoms with E-state index in [-0.39, 0.29) is 5.54 Å². The van der Waals surface area contributed by atoms with Gasteiger partial charge in [0.15, 0.2) is 0 Å². The van der Waals surface area contributed by atoms with Crippen molar-refractivity contribution in [1.29, 1.82) is 0 Å². The van der Waals surface area contributed by atoms with Gasteiger partial charge in [0.1, 0.15) is 5.75 Å². The number of benzene rings is 1. The molecule has 0 atom stereocenters. The van der Waals surface area contributed by atoms with Crippen molar-refractivity contribution in [2.75, 3.05) is 0 Å². The Balaban J connectivity index is 2.02. The second-order valence-electron chi connectivity index (χ2n) is 6.48. The van der Waals surface area contributed by atoms with Crippen LogP contribution in [0.2, 0.25) is 0 Å².